The highest BCUT2D eigenvalue weighted by Gasteiger charge is 2.22. The summed E-state index contributed by atoms with van der Waals surface area (Å²) in [5, 5.41) is 13.5. The average Bonchev–Trinajstić information content (AvgIpc) is 2.82. The third-order valence-electron chi connectivity index (χ3n) is 3.87. The molecule has 1 saturated heterocycles. The molecule has 1 unspecified atom stereocenters. The maximum Gasteiger partial charge on any atom is 0.269 e. The minimum atomic E-state index is -0.469. The molecule has 1 atom stereocenters. The first-order chi connectivity index (χ1) is 12.1. The Morgan fingerprint density at radius 2 is 1.56 bits per heavy atom. The van der Waals surface area contributed by atoms with Gasteiger partial charge < -0.3 is 14.8 Å². The summed E-state index contributed by atoms with van der Waals surface area (Å²) < 4.78 is 11.4. The number of hydrogen-bond donors (Lipinski definition) is 1. The maximum atomic E-state index is 11.9. The molecule has 0 bridgehead atoms. The fraction of sp³-hybridized carbons (Fsp3) is 0.278. The van der Waals surface area contributed by atoms with Crippen LogP contribution in [-0.2, 0) is 4.79 Å². The van der Waals surface area contributed by atoms with Crippen LogP contribution in [0.1, 0.15) is 19.3 Å². The zero-order valence-electron chi connectivity index (χ0n) is 13.5. The summed E-state index contributed by atoms with van der Waals surface area (Å²) in [5.41, 5.74) is 0.0118. The number of non-ortho nitro benzene ring substituents is 1. The van der Waals surface area contributed by atoms with Crippen LogP contribution in [-0.4, -0.2) is 23.5 Å². The van der Waals surface area contributed by atoms with Crippen LogP contribution in [0.2, 0.25) is 0 Å². The van der Waals surface area contributed by atoms with Gasteiger partial charge in [-0.15, -0.1) is 0 Å². The van der Waals surface area contributed by atoms with E-state index in [1.54, 1.807) is 36.4 Å². The number of ether oxygens (including phenoxy) is 2. The summed E-state index contributed by atoms with van der Waals surface area (Å²) in [4.78, 5) is 22.1. The smallest absolute Gasteiger partial charge is 0.269 e. The van der Waals surface area contributed by atoms with E-state index in [-0.39, 0.29) is 11.6 Å². The lowest BCUT2D eigenvalue weighted by Gasteiger charge is -2.16. The fourth-order valence-corrected chi connectivity index (χ4v) is 2.55. The number of rotatable bonds is 5. The molecule has 2 aromatic rings. The van der Waals surface area contributed by atoms with Gasteiger partial charge in [0.05, 0.1) is 4.92 Å². The lowest BCUT2D eigenvalue weighted by atomic mass is 10.2. The van der Waals surface area contributed by atoms with Crippen LogP contribution in [0.4, 0.5) is 5.69 Å². The number of nitro groups is 1. The molecule has 1 N–H and O–H groups in total. The lowest BCUT2D eigenvalue weighted by molar-refractivity contribution is -0.384. The van der Waals surface area contributed by atoms with Crippen molar-refractivity contribution in [2.45, 2.75) is 25.4 Å². The second-order valence-electron chi connectivity index (χ2n) is 5.72. The van der Waals surface area contributed by atoms with Crippen LogP contribution in [0.5, 0.6) is 17.2 Å². The Balaban J connectivity index is 1.61. The van der Waals surface area contributed by atoms with Gasteiger partial charge in [0.25, 0.3) is 11.6 Å². The summed E-state index contributed by atoms with van der Waals surface area (Å²) in [6, 6.07) is 12.8. The molecule has 1 aliphatic rings. The lowest BCUT2D eigenvalue weighted by Crippen LogP contribution is -2.36. The van der Waals surface area contributed by atoms with Gasteiger partial charge in [0, 0.05) is 18.7 Å². The third-order valence-corrected chi connectivity index (χ3v) is 3.87. The molecule has 1 amide bonds. The van der Waals surface area contributed by atoms with Crippen LogP contribution < -0.4 is 14.8 Å². The van der Waals surface area contributed by atoms with Crippen molar-refractivity contribution in [1.82, 2.24) is 5.32 Å². The Bertz CT molecular complexity index is 743. The van der Waals surface area contributed by atoms with Crippen molar-refractivity contribution >= 4 is 11.6 Å². The fourth-order valence-electron chi connectivity index (χ4n) is 2.55. The molecule has 0 aliphatic carbocycles. The number of carbonyl (C=O) groups excluding carboxylic acids is 1. The Kier molecular flexibility index (Phi) is 5.13. The molecule has 0 aromatic heterocycles. The first kappa shape index (κ1) is 16.8. The van der Waals surface area contributed by atoms with Crippen LogP contribution in [0.25, 0.3) is 0 Å². The first-order valence-corrected chi connectivity index (χ1v) is 8.08. The SMILES string of the molecule is O=C1NCCCCC1Oc1ccc(Oc2ccc([N+](=O)[O-])cc2)cc1. The molecule has 3 rings (SSSR count). The Hall–Kier alpha value is -3.09. The number of nitrogens with zero attached hydrogens (tertiary/aromatic N) is 1. The van der Waals surface area contributed by atoms with Crippen LogP contribution in [0, 0.1) is 10.1 Å². The number of nitrogens with one attached hydrogen (secondary N) is 1. The van der Waals surface area contributed by atoms with E-state index in [4.69, 9.17) is 9.47 Å². The van der Waals surface area contributed by atoms with Gasteiger partial charge in [-0.1, -0.05) is 0 Å². The normalized spacial score (nSPS) is 17.3. The van der Waals surface area contributed by atoms with E-state index in [9.17, 15) is 14.9 Å². The number of carbonyl (C=O) groups is 1. The van der Waals surface area contributed by atoms with Gasteiger partial charge in [0.15, 0.2) is 6.10 Å². The monoisotopic (exact) mass is 342 g/mol. The quantitative estimate of drug-likeness (QED) is 0.664. The predicted molar refractivity (Wildman–Crippen MR) is 90.9 cm³/mol. The molecule has 130 valence electrons. The van der Waals surface area contributed by atoms with E-state index in [1.165, 1.54) is 12.1 Å². The Morgan fingerprint density at radius 3 is 2.20 bits per heavy atom. The summed E-state index contributed by atoms with van der Waals surface area (Å²) in [6.07, 6.45) is 2.15. The third kappa shape index (κ3) is 4.47. The molecular weight excluding hydrogens is 324 g/mol. The van der Waals surface area contributed by atoms with E-state index >= 15 is 0 Å². The Labute approximate surface area is 144 Å². The van der Waals surface area contributed by atoms with Gasteiger partial charge in [-0.05, 0) is 55.7 Å². The number of amides is 1. The minimum Gasteiger partial charge on any atom is -0.481 e. The molecule has 2 aromatic carbocycles. The summed E-state index contributed by atoms with van der Waals surface area (Å²) in [6.45, 7) is 0.695. The van der Waals surface area contributed by atoms with Crippen molar-refractivity contribution in [2.24, 2.45) is 0 Å². The zero-order valence-corrected chi connectivity index (χ0v) is 13.5. The van der Waals surface area contributed by atoms with E-state index in [1.807, 2.05) is 0 Å². The van der Waals surface area contributed by atoms with Crippen LogP contribution in [0.3, 0.4) is 0 Å². The Morgan fingerprint density at radius 1 is 0.960 bits per heavy atom. The second-order valence-corrected chi connectivity index (χ2v) is 5.72. The van der Waals surface area contributed by atoms with Crippen molar-refractivity contribution in [3.8, 4) is 17.2 Å². The number of nitro benzene ring substituents is 1. The number of benzene rings is 2. The van der Waals surface area contributed by atoms with Crippen molar-refractivity contribution in [3.05, 3.63) is 58.6 Å². The standard InChI is InChI=1S/C18H18N2O5/c21-18-17(3-1-2-12-19-18)25-16-10-8-15(9-11-16)24-14-6-4-13(5-7-14)20(22)23/h4-11,17H,1-3,12H2,(H,19,21). The molecule has 1 aliphatic heterocycles. The van der Waals surface area contributed by atoms with Crippen LogP contribution in [0.15, 0.2) is 48.5 Å². The highest BCUT2D eigenvalue weighted by molar-refractivity contribution is 5.81. The zero-order chi connectivity index (χ0) is 17.6. The molecule has 0 spiro atoms. The van der Waals surface area contributed by atoms with Gasteiger partial charge in [-0.2, -0.15) is 0 Å². The molecule has 7 heteroatoms. The first-order valence-electron chi connectivity index (χ1n) is 8.08. The largest absolute Gasteiger partial charge is 0.481 e. The molecule has 1 fully saturated rings. The van der Waals surface area contributed by atoms with Crippen molar-refractivity contribution in [3.63, 3.8) is 0 Å². The summed E-state index contributed by atoms with van der Waals surface area (Å²) >= 11 is 0. The van der Waals surface area contributed by atoms with Gasteiger partial charge in [-0.25, -0.2) is 0 Å². The van der Waals surface area contributed by atoms with Gasteiger partial charge in [0.1, 0.15) is 17.2 Å². The highest BCUT2D eigenvalue weighted by Crippen LogP contribution is 2.26. The average molecular weight is 342 g/mol. The number of hydrogen-bond acceptors (Lipinski definition) is 5. The topological polar surface area (TPSA) is 90.7 Å². The molecular formula is C18H18N2O5. The van der Waals surface area contributed by atoms with Crippen LogP contribution >= 0.6 is 0 Å². The van der Waals surface area contributed by atoms with Crippen molar-refractivity contribution < 1.29 is 19.2 Å². The molecule has 7 nitrogen and oxygen atoms in total. The van der Waals surface area contributed by atoms with E-state index < -0.39 is 11.0 Å². The van der Waals surface area contributed by atoms with Gasteiger partial charge in [0.2, 0.25) is 0 Å². The molecule has 0 radical (unpaired) electrons. The van der Waals surface area contributed by atoms with Crippen molar-refractivity contribution in [2.75, 3.05) is 6.54 Å². The molecule has 1 heterocycles. The van der Waals surface area contributed by atoms with Gasteiger partial charge >= 0.3 is 0 Å². The second kappa shape index (κ2) is 7.65. The highest BCUT2D eigenvalue weighted by atomic mass is 16.6. The van der Waals surface area contributed by atoms with E-state index in [2.05, 4.69) is 5.32 Å². The minimum absolute atomic E-state index is 0.0118. The van der Waals surface area contributed by atoms with Gasteiger partial charge in [-0.3, -0.25) is 14.9 Å². The molecule has 25 heavy (non-hydrogen) atoms. The van der Waals surface area contributed by atoms with Crippen molar-refractivity contribution in [1.29, 1.82) is 0 Å². The summed E-state index contributed by atoms with van der Waals surface area (Å²) in [5.74, 6) is 1.59. The molecule has 0 saturated carbocycles. The summed E-state index contributed by atoms with van der Waals surface area (Å²) in [7, 11) is 0. The van der Waals surface area contributed by atoms with E-state index in [0.717, 1.165) is 12.8 Å². The maximum absolute atomic E-state index is 11.9. The van der Waals surface area contributed by atoms with E-state index in [0.29, 0.717) is 30.2 Å². The predicted octanol–water partition coefficient (Wildman–Crippen LogP) is 3.43.